The number of hydrogen-bond donors (Lipinski definition) is 2. The highest BCUT2D eigenvalue weighted by Crippen LogP contribution is 2.41. The summed E-state index contributed by atoms with van der Waals surface area (Å²) in [5.74, 6) is -21.0. The van der Waals surface area contributed by atoms with Crippen LogP contribution in [0.25, 0.3) is 5.57 Å². The molecule has 2 nitrogen and oxygen atoms in total. The van der Waals surface area contributed by atoms with Crippen LogP contribution in [-0.4, -0.2) is 22.2 Å². The van der Waals surface area contributed by atoms with E-state index < -0.39 is 63.8 Å². The minimum atomic E-state index is -3.96. The van der Waals surface area contributed by atoms with Crippen molar-refractivity contribution in [3.05, 3.63) is 52.4 Å². The van der Waals surface area contributed by atoms with E-state index in [9.17, 15) is 35.1 Å². The third-order valence-electron chi connectivity index (χ3n) is 2.93. The Balaban J connectivity index is 2.81. The summed E-state index contributed by atoms with van der Waals surface area (Å²) < 4.78 is 106. The minimum Gasteiger partial charge on any atom is -0.358 e. The van der Waals surface area contributed by atoms with Crippen molar-refractivity contribution in [1.29, 1.82) is 0 Å². The number of halogens is 8. The van der Waals surface area contributed by atoms with E-state index in [1.54, 1.807) is 0 Å². The predicted octanol–water partition coefficient (Wildman–Crippen LogP) is 2.95. The quantitative estimate of drug-likeness (QED) is 0.359. The van der Waals surface area contributed by atoms with Crippen LogP contribution in [0.15, 0.2) is 17.7 Å². The van der Waals surface area contributed by atoms with Crippen molar-refractivity contribution < 1.29 is 45.3 Å². The molecule has 2 N–H and O–H groups in total. The number of allylic oxidation sites excluding steroid dienone is 2. The lowest BCUT2D eigenvalue weighted by Crippen LogP contribution is -2.43. The molecule has 0 aliphatic heterocycles. The van der Waals surface area contributed by atoms with E-state index in [4.69, 9.17) is 10.2 Å². The van der Waals surface area contributed by atoms with Crippen molar-refractivity contribution >= 4 is 5.57 Å². The normalized spacial score (nSPS) is 21.2. The summed E-state index contributed by atoms with van der Waals surface area (Å²) >= 11 is 0. The van der Waals surface area contributed by atoms with Crippen LogP contribution >= 0.6 is 0 Å². The summed E-state index contributed by atoms with van der Waals surface area (Å²) in [5, 5.41) is 17.8. The van der Waals surface area contributed by atoms with Crippen LogP contribution < -0.4 is 0 Å². The summed E-state index contributed by atoms with van der Waals surface area (Å²) in [6.45, 7) is 0. The average molecular weight is 332 g/mol. The van der Waals surface area contributed by atoms with Crippen LogP contribution in [0.4, 0.5) is 35.1 Å². The van der Waals surface area contributed by atoms with Gasteiger partial charge in [0.2, 0.25) is 12.0 Å². The molecule has 1 aliphatic rings. The molecule has 1 aliphatic carbocycles. The van der Waals surface area contributed by atoms with Gasteiger partial charge in [-0.15, -0.1) is 0 Å². The average Bonchev–Trinajstić information content (AvgIpc) is 2.47. The monoisotopic (exact) mass is 332 g/mol. The Kier molecular flexibility index (Phi) is 3.78. The highest BCUT2D eigenvalue weighted by atomic mass is 19.2. The largest absolute Gasteiger partial charge is 0.358 e. The van der Waals surface area contributed by atoms with Crippen LogP contribution in [0.1, 0.15) is 5.56 Å². The van der Waals surface area contributed by atoms with Gasteiger partial charge in [-0.05, 0) is 6.08 Å². The van der Waals surface area contributed by atoms with Crippen molar-refractivity contribution in [2.75, 3.05) is 0 Å². The predicted molar refractivity (Wildman–Crippen MR) is 55.5 cm³/mol. The first-order valence-corrected chi connectivity index (χ1v) is 5.39. The third-order valence-corrected chi connectivity index (χ3v) is 2.93. The molecule has 0 spiro atoms. The van der Waals surface area contributed by atoms with Crippen molar-refractivity contribution in [1.82, 2.24) is 0 Å². The second-order valence-electron chi connectivity index (χ2n) is 4.29. The Hall–Kier alpha value is -1.94. The van der Waals surface area contributed by atoms with E-state index in [2.05, 4.69) is 0 Å². The Labute approximate surface area is 116 Å². The van der Waals surface area contributed by atoms with Crippen LogP contribution in [0.3, 0.4) is 0 Å². The van der Waals surface area contributed by atoms with Gasteiger partial charge in [-0.1, -0.05) is 0 Å². The fraction of sp³-hybridized carbons (Fsp3) is 0.167. The van der Waals surface area contributed by atoms with Gasteiger partial charge in [-0.3, -0.25) is 0 Å². The molecule has 0 bridgehead atoms. The smallest absolute Gasteiger partial charge is 0.256 e. The molecule has 1 atom stereocenters. The summed E-state index contributed by atoms with van der Waals surface area (Å²) in [6.07, 6.45) is -3.80. The van der Waals surface area contributed by atoms with Crippen molar-refractivity contribution in [3.63, 3.8) is 0 Å². The molecule has 0 heterocycles. The molecular weight excluding hydrogens is 328 g/mol. The Bertz CT molecular complexity index is 693. The molecule has 2 rings (SSSR count). The molecule has 22 heavy (non-hydrogen) atoms. The lowest BCUT2D eigenvalue weighted by molar-refractivity contribution is -0.182. The molecule has 0 amide bonds. The van der Waals surface area contributed by atoms with Crippen LogP contribution in [0, 0.1) is 29.1 Å². The maximum atomic E-state index is 13.6. The number of aliphatic hydroxyl groups is 2. The van der Waals surface area contributed by atoms with Gasteiger partial charge < -0.3 is 10.2 Å². The Morgan fingerprint density at radius 2 is 1.18 bits per heavy atom. The van der Waals surface area contributed by atoms with Gasteiger partial charge in [0, 0.05) is 5.57 Å². The van der Waals surface area contributed by atoms with Crippen molar-refractivity contribution in [3.8, 4) is 0 Å². The van der Waals surface area contributed by atoms with E-state index in [1.807, 2.05) is 0 Å². The maximum Gasteiger partial charge on any atom is 0.256 e. The van der Waals surface area contributed by atoms with Crippen molar-refractivity contribution in [2.45, 2.75) is 12.0 Å². The molecule has 1 aromatic rings. The zero-order chi connectivity index (χ0) is 17.0. The number of benzene rings is 1. The summed E-state index contributed by atoms with van der Waals surface area (Å²) in [6, 6.07) is 0. The standard InChI is InChI=1S/C12H4F8O2/c13-3-1-2(5(14)11(20)12(3,21)22)4-6(15)8(17)10(19)9(18)7(4)16/h1,11,21-22H. The minimum absolute atomic E-state index is 0.274. The number of rotatable bonds is 1. The SMILES string of the molecule is OC1(O)C(F)=CC(c2c(F)c(F)c(F)c(F)c2F)=C(F)C1F. The molecule has 10 heteroatoms. The summed E-state index contributed by atoms with van der Waals surface area (Å²) in [4.78, 5) is 0. The lowest BCUT2D eigenvalue weighted by atomic mass is 9.92. The number of alkyl halides is 1. The molecule has 1 unspecified atom stereocenters. The highest BCUT2D eigenvalue weighted by molar-refractivity contribution is 5.79. The Morgan fingerprint density at radius 3 is 1.64 bits per heavy atom. The van der Waals surface area contributed by atoms with E-state index in [0.29, 0.717) is 0 Å². The number of hydrogen-bond acceptors (Lipinski definition) is 2. The van der Waals surface area contributed by atoms with E-state index in [1.165, 1.54) is 0 Å². The van der Waals surface area contributed by atoms with Gasteiger partial charge in [-0.25, -0.2) is 35.1 Å². The van der Waals surface area contributed by atoms with Gasteiger partial charge in [0.05, 0.1) is 5.56 Å². The van der Waals surface area contributed by atoms with E-state index in [-0.39, 0.29) is 6.08 Å². The van der Waals surface area contributed by atoms with Crippen LogP contribution in [-0.2, 0) is 0 Å². The molecule has 120 valence electrons. The first-order chi connectivity index (χ1) is 10.0. The zero-order valence-electron chi connectivity index (χ0n) is 10.1. The van der Waals surface area contributed by atoms with Gasteiger partial charge in [-0.2, -0.15) is 0 Å². The summed E-state index contributed by atoms with van der Waals surface area (Å²) in [5.41, 5.74) is -3.60. The van der Waals surface area contributed by atoms with Crippen LogP contribution in [0.5, 0.6) is 0 Å². The molecule has 0 saturated heterocycles. The molecular formula is C12H4F8O2. The van der Waals surface area contributed by atoms with Gasteiger partial charge in [0.1, 0.15) is 5.83 Å². The summed E-state index contributed by atoms with van der Waals surface area (Å²) in [7, 11) is 0. The second-order valence-corrected chi connectivity index (χ2v) is 4.29. The van der Waals surface area contributed by atoms with Gasteiger partial charge >= 0.3 is 0 Å². The second kappa shape index (κ2) is 5.06. The van der Waals surface area contributed by atoms with Gasteiger partial charge in [0.25, 0.3) is 5.79 Å². The maximum absolute atomic E-state index is 13.6. The Morgan fingerprint density at radius 1 is 0.773 bits per heavy atom. The molecule has 0 aromatic heterocycles. The van der Waals surface area contributed by atoms with Crippen molar-refractivity contribution in [2.24, 2.45) is 0 Å². The van der Waals surface area contributed by atoms with Gasteiger partial charge in [0.15, 0.2) is 29.1 Å². The van der Waals surface area contributed by atoms with E-state index in [0.717, 1.165) is 0 Å². The molecule has 0 radical (unpaired) electrons. The zero-order valence-corrected chi connectivity index (χ0v) is 10.1. The third kappa shape index (κ3) is 2.10. The first kappa shape index (κ1) is 16.4. The lowest BCUT2D eigenvalue weighted by Gasteiger charge is -2.27. The fourth-order valence-electron chi connectivity index (χ4n) is 1.77. The molecule has 1 aromatic carbocycles. The topological polar surface area (TPSA) is 40.5 Å². The van der Waals surface area contributed by atoms with Crippen LogP contribution in [0.2, 0.25) is 0 Å². The molecule has 0 fully saturated rings. The highest BCUT2D eigenvalue weighted by Gasteiger charge is 2.48. The fourth-order valence-corrected chi connectivity index (χ4v) is 1.77. The van der Waals surface area contributed by atoms with E-state index >= 15 is 0 Å². The first-order valence-electron chi connectivity index (χ1n) is 5.39. The molecule has 0 saturated carbocycles.